The Hall–Kier alpha value is -1.90. The van der Waals surface area contributed by atoms with Crippen LogP contribution in [0.1, 0.15) is 29.4 Å². The van der Waals surface area contributed by atoms with Crippen molar-refractivity contribution in [1.82, 2.24) is 9.78 Å². The standard InChI is InChI=1S/C13H14N2O/c1-3-13(16)12-9-15(14-10(12)2)11-7-5-4-6-8-11/h4-9H,3H2,1-2H3. The van der Waals surface area contributed by atoms with E-state index in [-0.39, 0.29) is 5.78 Å². The molecule has 0 spiro atoms. The van der Waals surface area contributed by atoms with Crippen molar-refractivity contribution in [3.05, 3.63) is 47.8 Å². The van der Waals surface area contributed by atoms with Crippen molar-refractivity contribution in [1.29, 1.82) is 0 Å². The molecule has 0 saturated carbocycles. The highest BCUT2D eigenvalue weighted by Gasteiger charge is 2.11. The van der Waals surface area contributed by atoms with Crippen molar-refractivity contribution < 1.29 is 4.79 Å². The van der Waals surface area contributed by atoms with E-state index in [0.29, 0.717) is 12.0 Å². The molecule has 3 heteroatoms. The number of hydrogen-bond acceptors (Lipinski definition) is 2. The maximum atomic E-state index is 11.6. The maximum absolute atomic E-state index is 11.6. The predicted octanol–water partition coefficient (Wildman–Crippen LogP) is 2.77. The quantitative estimate of drug-likeness (QED) is 0.736. The Morgan fingerprint density at radius 3 is 2.62 bits per heavy atom. The molecule has 0 bridgehead atoms. The molecule has 0 atom stereocenters. The van der Waals surface area contributed by atoms with E-state index in [1.807, 2.05) is 44.2 Å². The number of carbonyl (C=O) groups is 1. The number of aromatic nitrogens is 2. The first-order chi connectivity index (χ1) is 7.72. The van der Waals surface area contributed by atoms with Crippen molar-refractivity contribution in [2.75, 3.05) is 0 Å². The van der Waals surface area contributed by atoms with Gasteiger partial charge in [0, 0.05) is 12.6 Å². The number of Topliss-reactive ketones (excluding diaryl/α,β-unsaturated/α-hetero) is 1. The Morgan fingerprint density at radius 1 is 1.31 bits per heavy atom. The number of aryl methyl sites for hydroxylation is 1. The third-order valence-electron chi connectivity index (χ3n) is 2.54. The van der Waals surface area contributed by atoms with Gasteiger partial charge < -0.3 is 0 Å². The third-order valence-corrected chi connectivity index (χ3v) is 2.54. The third kappa shape index (κ3) is 1.89. The molecule has 1 aromatic heterocycles. The van der Waals surface area contributed by atoms with Gasteiger partial charge >= 0.3 is 0 Å². The Labute approximate surface area is 94.7 Å². The van der Waals surface area contributed by atoms with Crippen LogP contribution in [0.4, 0.5) is 0 Å². The maximum Gasteiger partial charge on any atom is 0.166 e. The SMILES string of the molecule is CCC(=O)c1cn(-c2ccccc2)nc1C. The molecule has 82 valence electrons. The first-order valence-corrected chi connectivity index (χ1v) is 5.37. The monoisotopic (exact) mass is 214 g/mol. The molecule has 0 radical (unpaired) electrons. The summed E-state index contributed by atoms with van der Waals surface area (Å²) in [6.45, 7) is 3.73. The van der Waals surface area contributed by atoms with Gasteiger partial charge in [-0.2, -0.15) is 5.10 Å². The van der Waals surface area contributed by atoms with Crippen LogP contribution in [0, 0.1) is 6.92 Å². The topological polar surface area (TPSA) is 34.9 Å². The van der Waals surface area contributed by atoms with Crippen molar-refractivity contribution in [3.8, 4) is 5.69 Å². The number of nitrogens with zero attached hydrogens (tertiary/aromatic N) is 2. The number of hydrogen-bond donors (Lipinski definition) is 0. The van der Waals surface area contributed by atoms with Crippen LogP contribution in [-0.2, 0) is 0 Å². The molecule has 0 aliphatic carbocycles. The van der Waals surface area contributed by atoms with Crippen LogP contribution >= 0.6 is 0 Å². The van der Waals surface area contributed by atoms with Crippen LogP contribution in [0.25, 0.3) is 5.69 Å². The van der Waals surface area contributed by atoms with E-state index in [9.17, 15) is 4.79 Å². The molecular formula is C13H14N2O. The lowest BCUT2D eigenvalue weighted by Crippen LogP contribution is -1.96. The molecule has 16 heavy (non-hydrogen) atoms. The molecule has 0 aliphatic rings. The summed E-state index contributed by atoms with van der Waals surface area (Å²) >= 11 is 0. The minimum absolute atomic E-state index is 0.139. The molecule has 2 rings (SSSR count). The fourth-order valence-corrected chi connectivity index (χ4v) is 1.64. The second kappa shape index (κ2) is 4.31. The van der Waals surface area contributed by atoms with E-state index in [1.54, 1.807) is 10.9 Å². The van der Waals surface area contributed by atoms with Gasteiger partial charge in [-0.05, 0) is 19.1 Å². The molecule has 0 N–H and O–H groups in total. The van der Waals surface area contributed by atoms with E-state index < -0.39 is 0 Å². The largest absolute Gasteiger partial charge is 0.294 e. The summed E-state index contributed by atoms with van der Waals surface area (Å²) in [7, 11) is 0. The Morgan fingerprint density at radius 2 is 2.00 bits per heavy atom. The number of carbonyl (C=O) groups excluding carboxylic acids is 1. The minimum Gasteiger partial charge on any atom is -0.294 e. The predicted molar refractivity (Wildman–Crippen MR) is 62.9 cm³/mol. The van der Waals surface area contributed by atoms with Gasteiger partial charge in [-0.15, -0.1) is 0 Å². The van der Waals surface area contributed by atoms with E-state index >= 15 is 0 Å². The van der Waals surface area contributed by atoms with Crippen LogP contribution in [0.5, 0.6) is 0 Å². The van der Waals surface area contributed by atoms with Gasteiger partial charge in [0.25, 0.3) is 0 Å². The van der Waals surface area contributed by atoms with Gasteiger partial charge in [0.05, 0.1) is 16.9 Å². The second-order valence-electron chi connectivity index (χ2n) is 3.69. The summed E-state index contributed by atoms with van der Waals surface area (Å²) in [5.41, 5.74) is 2.47. The number of para-hydroxylation sites is 1. The van der Waals surface area contributed by atoms with E-state index in [2.05, 4.69) is 5.10 Å². The van der Waals surface area contributed by atoms with Crippen LogP contribution < -0.4 is 0 Å². The second-order valence-corrected chi connectivity index (χ2v) is 3.69. The van der Waals surface area contributed by atoms with E-state index in [0.717, 1.165) is 11.4 Å². The van der Waals surface area contributed by atoms with Gasteiger partial charge in [-0.3, -0.25) is 4.79 Å². The molecule has 2 aromatic rings. The summed E-state index contributed by atoms with van der Waals surface area (Å²) < 4.78 is 1.75. The first kappa shape index (κ1) is 10.6. The molecule has 0 fully saturated rings. The van der Waals surface area contributed by atoms with Gasteiger partial charge in [0.15, 0.2) is 5.78 Å². The van der Waals surface area contributed by atoms with Crippen molar-refractivity contribution in [2.45, 2.75) is 20.3 Å². The summed E-state index contributed by atoms with van der Waals surface area (Å²) in [4.78, 5) is 11.6. The Kier molecular flexibility index (Phi) is 2.86. The van der Waals surface area contributed by atoms with Gasteiger partial charge in [-0.25, -0.2) is 4.68 Å². The van der Waals surface area contributed by atoms with Crippen molar-refractivity contribution in [3.63, 3.8) is 0 Å². The Bertz CT molecular complexity index is 500. The van der Waals surface area contributed by atoms with Crippen LogP contribution in [0.3, 0.4) is 0 Å². The normalized spacial score (nSPS) is 10.4. The minimum atomic E-state index is 0.139. The fourth-order valence-electron chi connectivity index (χ4n) is 1.64. The van der Waals surface area contributed by atoms with Gasteiger partial charge in [0.2, 0.25) is 0 Å². The van der Waals surface area contributed by atoms with Gasteiger partial charge in [-0.1, -0.05) is 25.1 Å². The molecule has 1 heterocycles. The molecular weight excluding hydrogens is 200 g/mol. The average Bonchev–Trinajstić information content (AvgIpc) is 2.71. The fraction of sp³-hybridized carbons (Fsp3) is 0.231. The van der Waals surface area contributed by atoms with Crippen molar-refractivity contribution >= 4 is 5.78 Å². The molecule has 0 saturated heterocycles. The summed E-state index contributed by atoms with van der Waals surface area (Å²) in [5, 5.41) is 4.35. The zero-order valence-corrected chi connectivity index (χ0v) is 9.47. The zero-order chi connectivity index (χ0) is 11.5. The Balaban J connectivity index is 2.42. The highest BCUT2D eigenvalue weighted by Crippen LogP contribution is 2.13. The number of rotatable bonds is 3. The zero-order valence-electron chi connectivity index (χ0n) is 9.47. The summed E-state index contributed by atoms with van der Waals surface area (Å²) in [6, 6.07) is 9.79. The number of ketones is 1. The summed E-state index contributed by atoms with van der Waals surface area (Å²) in [6.07, 6.45) is 2.32. The molecule has 0 aliphatic heterocycles. The smallest absolute Gasteiger partial charge is 0.166 e. The van der Waals surface area contributed by atoms with E-state index in [1.165, 1.54) is 0 Å². The van der Waals surface area contributed by atoms with Crippen LogP contribution in [-0.4, -0.2) is 15.6 Å². The lowest BCUT2D eigenvalue weighted by molar-refractivity contribution is 0.0987. The lowest BCUT2D eigenvalue weighted by atomic mass is 10.1. The highest BCUT2D eigenvalue weighted by molar-refractivity contribution is 5.96. The van der Waals surface area contributed by atoms with Gasteiger partial charge in [0.1, 0.15) is 0 Å². The number of benzene rings is 1. The molecule has 0 amide bonds. The highest BCUT2D eigenvalue weighted by atomic mass is 16.1. The van der Waals surface area contributed by atoms with Crippen LogP contribution in [0.2, 0.25) is 0 Å². The average molecular weight is 214 g/mol. The van der Waals surface area contributed by atoms with E-state index in [4.69, 9.17) is 0 Å². The first-order valence-electron chi connectivity index (χ1n) is 5.37. The van der Waals surface area contributed by atoms with Crippen LogP contribution in [0.15, 0.2) is 36.5 Å². The van der Waals surface area contributed by atoms with Crippen molar-refractivity contribution in [2.24, 2.45) is 0 Å². The lowest BCUT2D eigenvalue weighted by Gasteiger charge is -1.98. The molecule has 1 aromatic carbocycles. The molecule has 3 nitrogen and oxygen atoms in total. The summed E-state index contributed by atoms with van der Waals surface area (Å²) in [5.74, 6) is 0.139. The molecule has 0 unspecified atom stereocenters.